The van der Waals surface area contributed by atoms with Crippen LogP contribution in [0.1, 0.15) is 156 Å². The highest BCUT2D eigenvalue weighted by Crippen LogP contribution is 2.65. The number of hydrogen-bond acceptors (Lipinski definition) is 3. The SMILES string of the molecule is CCCCCCCCCCCCCCCC(=O)O[C@@H]1CC[C@@]2(C)C(=CC[C@@H]3[C@@H]2CC[C@]2(C)C(O[Si](C)(C)C)=CC[C@@H]32)C1. The molecule has 4 aliphatic rings. The molecule has 0 aromatic rings. The van der Waals surface area contributed by atoms with E-state index in [1.807, 2.05) is 0 Å². The van der Waals surface area contributed by atoms with E-state index in [9.17, 15) is 4.79 Å². The summed E-state index contributed by atoms with van der Waals surface area (Å²) in [6.45, 7) is 14.3. The standard InChI is InChI=1S/C38H66O3Si/c1-7-8-9-10-11-12-13-14-15-16-17-18-19-20-36(39)40-31-25-27-37(2)30(29-31)21-22-32-33-23-24-35(41-42(4,5)6)38(33,3)28-26-34(32)37/h21,24,31-34H,7-20,22-23,25-29H2,1-6H3/t31-,32+,33+,34+,37+,38+/m1/s1. The van der Waals surface area contributed by atoms with Gasteiger partial charge in [0.15, 0.2) is 0 Å². The van der Waals surface area contributed by atoms with E-state index in [2.05, 4.69) is 52.6 Å². The Morgan fingerprint density at radius 1 is 0.786 bits per heavy atom. The average Bonchev–Trinajstić information content (AvgIpc) is 3.26. The molecule has 0 bridgehead atoms. The highest BCUT2D eigenvalue weighted by Gasteiger charge is 2.57. The molecule has 0 aliphatic heterocycles. The van der Waals surface area contributed by atoms with E-state index < -0.39 is 8.32 Å². The minimum Gasteiger partial charge on any atom is -0.547 e. The molecule has 2 fully saturated rings. The molecule has 6 atom stereocenters. The second kappa shape index (κ2) is 15.3. The van der Waals surface area contributed by atoms with Gasteiger partial charge in [-0.25, -0.2) is 0 Å². The second-order valence-electron chi connectivity index (χ2n) is 16.1. The van der Waals surface area contributed by atoms with Crippen LogP contribution in [0.4, 0.5) is 0 Å². The second-order valence-corrected chi connectivity index (χ2v) is 20.5. The minimum absolute atomic E-state index is 0.0429. The summed E-state index contributed by atoms with van der Waals surface area (Å²) in [5.41, 5.74) is 2.11. The van der Waals surface area contributed by atoms with Crippen LogP contribution in [-0.2, 0) is 14.0 Å². The maximum absolute atomic E-state index is 12.7. The summed E-state index contributed by atoms with van der Waals surface area (Å²) >= 11 is 0. The van der Waals surface area contributed by atoms with Crippen molar-refractivity contribution in [3.8, 4) is 0 Å². The Bertz CT molecular complexity index is 931. The Morgan fingerprint density at radius 2 is 1.38 bits per heavy atom. The third-order valence-electron chi connectivity index (χ3n) is 11.8. The van der Waals surface area contributed by atoms with E-state index >= 15 is 0 Å². The van der Waals surface area contributed by atoms with Gasteiger partial charge in [-0.3, -0.25) is 4.79 Å². The van der Waals surface area contributed by atoms with Crippen molar-refractivity contribution in [3.05, 3.63) is 23.5 Å². The molecule has 0 aromatic carbocycles. The van der Waals surface area contributed by atoms with Crippen LogP contribution in [0.25, 0.3) is 0 Å². The van der Waals surface area contributed by atoms with Gasteiger partial charge in [0.25, 0.3) is 0 Å². The zero-order valence-corrected chi connectivity index (χ0v) is 29.5. The molecule has 0 heterocycles. The Morgan fingerprint density at radius 3 is 2.00 bits per heavy atom. The Labute approximate surface area is 261 Å². The molecule has 240 valence electrons. The van der Waals surface area contributed by atoms with E-state index in [1.54, 1.807) is 5.57 Å². The molecule has 0 unspecified atom stereocenters. The van der Waals surface area contributed by atoms with Crippen LogP contribution >= 0.6 is 0 Å². The predicted molar refractivity (Wildman–Crippen MR) is 180 cm³/mol. The van der Waals surface area contributed by atoms with E-state index in [0.717, 1.165) is 31.1 Å². The molecular weight excluding hydrogens is 533 g/mol. The fraction of sp³-hybridized carbons (Fsp3) is 0.868. The van der Waals surface area contributed by atoms with Gasteiger partial charge < -0.3 is 9.16 Å². The van der Waals surface area contributed by atoms with Crippen molar-refractivity contribution in [2.45, 2.75) is 181 Å². The minimum atomic E-state index is -1.60. The molecule has 0 spiro atoms. The first-order valence-corrected chi connectivity index (χ1v) is 21.8. The maximum Gasteiger partial charge on any atom is 0.306 e. The van der Waals surface area contributed by atoms with E-state index in [-0.39, 0.29) is 22.9 Å². The van der Waals surface area contributed by atoms with Crippen molar-refractivity contribution >= 4 is 14.3 Å². The lowest BCUT2D eigenvalue weighted by molar-refractivity contribution is -0.151. The molecular formula is C38H66O3Si. The zero-order valence-electron chi connectivity index (χ0n) is 28.5. The van der Waals surface area contributed by atoms with Gasteiger partial charge in [0.1, 0.15) is 6.10 Å². The number of rotatable bonds is 17. The molecule has 4 rings (SSSR count). The number of hydrogen-bond donors (Lipinski definition) is 0. The van der Waals surface area contributed by atoms with E-state index in [4.69, 9.17) is 9.16 Å². The van der Waals surface area contributed by atoms with E-state index in [1.165, 1.54) is 115 Å². The molecule has 0 radical (unpaired) electrons. The third-order valence-corrected chi connectivity index (χ3v) is 12.6. The summed E-state index contributed by atoms with van der Waals surface area (Å²) in [4.78, 5) is 12.7. The predicted octanol–water partition coefficient (Wildman–Crippen LogP) is 11.7. The smallest absolute Gasteiger partial charge is 0.306 e. The number of unbranched alkanes of at least 4 members (excludes halogenated alkanes) is 12. The van der Waals surface area contributed by atoms with Gasteiger partial charge >= 0.3 is 5.97 Å². The summed E-state index contributed by atoms with van der Waals surface area (Å²) in [5.74, 6) is 3.60. The highest BCUT2D eigenvalue weighted by molar-refractivity contribution is 6.70. The number of carbonyl (C=O) groups is 1. The van der Waals surface area contributed by atoms with Gasteiger partial charge in [0, 0.05) is 18.3 Å². The Balaban J connectivity index is 1.14. The first-order chi connectivity index (χ1) is 20.1. The van der Waals surface area contributed by atoms with Gasteiger partial charge in [-0.2, -0.15) is 0 Å². The maximum atomic E-state index is 12.7. The summed E-state index contributed by atoms with van der Waals surface area (Å²) in [5, 5.41) is 0. The lowest BCUT2D eigenvalue weighted by Crippen LogP contribution is -2.50. The molecule has 42 heavy (non-hydrogen) atoms. The molecule has 0 N–H and O–H groups in total. The lowest BCUT2D eigenvalue weighted by Gasteiger charge is -2.57. The highest BCUT2D eigenvalue weighted by atomic mass is 28.4. The summed E-state index contributed by atoms with van der Waals surface area (Å²) in [7, 11) is -1.60. The molecule has 0 aromatic heterocycles. The van der Waals surface area contributed by atoms with Crippen molar-refractivity contribution in [1.29, 1.82) is 0 Å². The van der Waals surface area contributed by atoms with Crippen LogP contribution in [-0.4, -0.2) is 20.4 Å². The first kappa shape index (κ1) is 33.9. The van der Waals surface area contributed by atoms with Crippen LogP contribution in [0, 0.1) is 28.6 Å². The van der Waals surface area contributed by atoms with Crippen LogP contribution in [0.3, 0.4) is 0 Å². The van der Waals surface area contributed by atoms with E-state index in [0.29, 0.717) is 12.3 Å². The number of fused-ring (bicyclic) bond motifs is 5. The van der Waals surface area contributed by atoms with Crippen molar-refractivity contribution < 1.29 is 14.0 Å². The van der Waals surface area contributed by atoms with Crippen molar-refractivity contribution in [2.75, 3.05) is 0 Å². The van der Waals surface area contributed by atoms with Gasteiger partial charge in [-0.1, -0.05) is 109 Å². The lowest BCUT2D eigenvalue weighted by atomic mass is 9.48. The number of ether oxygens (including phenoxy) is 1. The zero-order chi connectivity index (χ0) is 30.2. The normalized spacial score (nSPS) is 32.3. The van der Waals surface area contributed by atoms with Gasteiger partial charge in [0.05, 0.1) is 5.76 Å². The van der Waals surface area contributed by atoms with Crippen molar-refractivity contribution in [1.82, 2.24) is 0 Å². The van der Waals surface area contributed by atoms with Crippen LogP contribution < -0.4 is 0 Å². The molecule has 4 aliphatic carbocycles. The molecule has 3 nitrogen and oxygen atoms in total. The summed E-state index contributed by atoms with van der Waals surface area (Å²) < 4.78 is 12.7. The van der Waals surface area contributed by atoms with Gasteiger partial charge in [-0.05, 0) is 93.8 Å². The van der Waals surface area contributed by atoms with Crippen molar-refractivity contribution in [3.63, 3.8) is 0 Å². The first-order valence-electron chi connectivity index (χ1n) is 18.4. The van der Waals surface area contributed by atoms with Gasteiger partial charge in [0.2, 0.25) is 8.32 Å². The number of esters is 1. The molecule has 2 saturated carbocycles. The molecule has 0 amide bonds. The quantitative estimate of drug-likeness (QED) is 0.0723. The summed E-state index contributed by atoms with van der Waals surface area (Å²) in [6, 6.07) is 0. The third kappa shape index (κ3) is 8.57. The topological polar surface area (TPSA) is 35.5 Å². The Hall–Kier alpha value is -1.03. The monoisotopic (exact) mass is 598 g/mol. The fourth-order valence-electron chi connectivity index (χ4n) is 9.28. The molecule has 4 heteroatoms. The van der Waals surface area contributed by atoms with Crippen LogP contribution in [0.15, 0.2) is 23.5 Å². The van der Waals surface area contributed by atoms with Crippen LogP contribution in [0.2, 0.25) is 19.6 Å². The van der Waals surface area contributed by atoms with Crippen LogP contribution in [0.5, 0.6) is 0 Å². The average molecular weight is 599 g/mol. The van der Waals surface area contributed by atoms with Gasteiger partial charge in [-0.15, -0.1) is 0 Å². The number of allylic oxidation sites excluding steroid dienone is 3. The number of carbonyl (C=O) groups excluding carboxylic acids is 1. The Kier molecular flexibility index (Phi) is 12.3. The largest absolute Gasteiger partial charge is 0.547 e. The summed E-state index contributed by atoms with van der Waals surface area (Å²) in [6.07, 6.45) is 31.2. The van der Waals surface area contributed by atoms with Crippen molar-refractivity contribution in [2.24, 2.45) is 28.6 Å². The molecule has 0 saturated heterocycles. The fourth-order valence-corrected chi connectivity index (χ4v) is 10.3.